The van der Waals surface area contributed by atoms with E-state index in [1.54, 1.807) is 19.9 Å². The molecule has 3 rings (SSSR count). The van der Waals surface area contributed by atoms with E-state index < -0.39 is 11.9 Å². The van der Waals surface area contributed by atoms with Gasteiger partial charge in [-0.25, -0.2) is 0 Å². The number of halogens is 2. The molecule has 2 heterocycles. The van der Waals surface area contributed by atoms with Crippen LogP contribution >= 0.6 is 11.8 Å². The highest BCUT2D eigenvalue weighted by molar-refractivity contribution is 8.00. The largest absolute Gasteiger partial charge is 0.469 e. The van der Waals surface area contributed by atoms with E-state index in [1.165, 1.54) is 30.5 Å². The van der Waals surface area contributed by atoms with Crippen LogP contribution in [0, 0.1) is 6.92 Å². The molecule has 0 fully saturated rings. The summed E-state index contributed by atoms with van der Waals surface area (Å²) in [7, 11) is 0. The van der Waals surface area contributed by atoms with Crippen LogP contribution in [0.2, 0.25) is 0 Å². The number of carbonyl (C=O) groups is 1. The molecule has 0 saturated carbocycles. The Morgan fingerprint density at radius 2 is 1.92 bits per heavy atom. The molecule has 136 valence electrons. The van der Waals surface area contributed by atoms with Crippen LogP contribution in [0.3, 0.4) is 0 Å². The van der Waals surface area contributed by atoms with Crippen molar-refractivity contribution in [1.82, 2.24) is 10.2 Å². The molecule has 0 bridgehead atoms. The monoisotopic (exact) mass is 380 g/mol. The lowest BCUT2D eigenvalue weighted by Crippen LogP contribution is -2.13. The number of hydrogen-bond donors (Lipinski definition) is 0. The number of nitrogens with zero attached hydrogens (tertiary/aromatic N) is 2. The number of Topliss-reactive ketones (excluding diaryl/α,β-unsaturated/α-hetero) is 1. The molecule has 3 aromatic rings. The second-order valence-electron chi connectivity index (χ2n) is 5.29. The number of benzene rings is 1. The minimum absolute atomic E-state index is 0.00567. The van der Waals surface area contributed by atoms with Gasteiger partial charge in [-0.15, -0.1) is 10.2 Å². The number of ether oxygens (including phenoxy) is 1. The average Bonchev–Trinajstić information content (AvgIpc) is 3.23. The number of furan rings is 1. The number of thioether (sulfide) groups is 1. The Kier molecular flexibility index (Phi) is 5.36. The molecule has 6 nitrogen and oxygen atoms in total. The van der Waals surface area contributed by atoms with E-state index in [0.29, 0.717) is 22.8 Å². The Morgan fingerprint density at radius 1 is 1.19 bits per heavy atom. The Hall–Kier alpha value is -2.68. The summed E-state index contributed by atoms with van der Waals surface area (Å²) in [6, 6.07) is 7.23. The van der Waals surface area contributed by atoms with Crippen molar-refractivity contribution in [2.45, 2.75) is 30.9 Å². The highest BCUT2D eigenvalue weighted by Crippen LogP contribution is 2.29. The van der Waals surface area contributed by atoms with Gasteiger partial charge in [0.15, 0.2) is 5.78 Å². The normalized spacial score (nSPS) is 12.3. The maximum absolute atomic E-state index is 12.5. The van der Waals surface area contributed by atoms with E-state index in [1.807, 2.05) is 0 Å². The summed E-state index contributed by atoms with van der Waals surface area (Å²) in [5, 5.41) is 7.62. The number of alkyl halides is 2. The molecular formula is C17H14F2N2O4S. The lowest BCUT2D eigenvalue weighted by molar-refractivity contribution is -0.0498. The van der Waals surface area contributed by atoms with Gasteiger partial charge in [0.25, 0.3) is 11.1 Å². The molecule has 9 heteroatoms. The third kappa shape index (κ3) is 4.10. The fourth-order valence-electron chi connectivity index (χ4n) is 2.21. The number of carbonyl (C=O) groups excluding carboxylic acids is 1. The van der Waals surface area contributed by atoms with Gasteiger partial charge in [-0.05, 0) is 44.2 Å². The van der Waals surface area contributed by atoms with Crippen molar-refractivity contribution in [2.75, 3.05) is 0 Å². The van der Waals surface area contributed by atoms with Gasteiger partial charge in [0, 0.05) is 5.56 Å². The molecule has 0 unspecified atom stereocenters. The fourth-order valence-corrected chi connectivity index (χ4v) is 2.97. The van der Waals surface area contributed by atoms with Crippen molar-refractivity contribution in [1.29, 1.82) is 0 Å². The molecule has 1 aromatic carbocycles. The average molecular weight is 380 g/mol. The van der Waals surface area contributed by atoms with Gasteiger partial charge in [-0.3, -0.25) is 4.79 Å². The number of aromatic nitrogens is 2. The zero-order valence-electron chi connectivity index (χ0n) is 13.8. The van der Waals surface area contributed by atoms with Gasteiger partial charge >= 0.3 is 6.61 Å². The predicted molar refractivity (Wildman–Crippen MR) is 89.5 cm³/mol. The van der Waals surface area contributed by atoms with Gasteiger partial charge in [0.05, 0.1) is 17.1 Å². The molecular weight excluding hydrogens is 366 g/mol. The summed E-state index contributed by atoms with van der Waals surface area (Å²) < 4.78 is 39.3. The third-order valence-corrected chi connectivity index (χ3v) is 4.44. The Morgan fingerprint density at radius 3 is 2.54 bits per heavy atom. The van der Waals surface area contributed by atoms with Crippen LogP contribution in [0.15, 0.2) is 50.7 Å². The second kappa shape index (κ2) is 7.69. The highest BCUT2D eigenvalue weighted by atomic mass is 32.2. The van der Waals surface area contributed by atoms with E-state index in [0.717, 1.165) is 11.8 Å². The number of ketones is 1. The van der Waals surface area contributed by atoms with Crippen molar-refractivity contribution in [3.05, 3.63) is 47.9 Å². The molecule has 0 aliphatic heterocycles. The van der Waals surface area contributed by atoms with Crippen molar-refractivity contribution in [3.63, 3.8) is 0 Å². The predicted octanol–water partition coefficient (Wildman–Crippen LogP) is 4.60. The van der Waals surface area contributed by atoms with Crippen molar-refractivity contribution >= 4 is 17.5 Å². The van der Waals surface area contributed by atoms with Crippen LogP contribution in [0.4, 0.5) is 8.78 Å². The van der Waals surface area contributed by atoms with Gasteiger partial charge in [-0.1, -0.05) is 11.8 Å². The first kappa shape index (κ1) is 18.1. The molecule has 0 saturated heterocycles. The SMILES string of the molecule is Cc1occc1-c1nnc(S[C@@H](C)C(=O)c2ccc(OC(F)F)cc2)o1. The summed E-state index contributed by atoms with van der Waals surface area (Å²) in [4.78, 5) is 12.5. The molecule has 0 amide bonds. The molecule has 1 atom stereocenters. The quantitative estimate of drug-likeness (QED) is 0.438. The molecule has 26 heavy (non-hydrogen) atoms. The lowest BCUT2D eigenvalue weighted by Gasteiger charge is -2.09. The van der Waals surface area contributed by atoms with Crippen LogP contribution in [-0.4, -0.2) is 27.8 Å². The molecule has 0 spiro atoms. The smallest absolute Gasteiger partial charge is 0.387 e. The zero-order valence-corrected chi connectivity index (χ0v) is 14.6. The lowest BCUT2D eigenvalue weighted by atomic mass is 10.1. The first-order chi connectivity index (χ1) is 12.4. The molecule has 2 aromatic heterocycles. The van der Waals surface area contributed by atoms with Gasteiger partial charge in [-0.2, -0.15) is 8.78 Å². The van der Waals surface area contributed by atoms with Crippen molar-refractivity contribution < 1.29 is 27.1 Å². The fraction of sp³-hybridized carbons (Fsp3) is 0.235. The number of aryl methyl sites for hydroxylation is 1. The molecule has 0 aliphatic rings. The minimum Gasteiger partial charge on any atom is -0.469 e. The Balaban J connectivity index is 1.66. The summed E-state index contributed by atoms with van der Waals surface area (Å²) in [6.07, 6.45) is 1.52. The maximum Gasteiger partial charge on any atom is 0.387 e. The third-order valence-electron chi connectivity index (χ3n) is 3.51. The summed E-state index contributed by atoms with van der Waals surface area (Å²) in [5.74, 6) is 0.763. The van der Waals surface area contributed by atoms with E-state index >= 15 is 0 Å². The van der Waals surface area contributed by atoms with Crippen LogP contribution in [0.25, 0.3) is 11.5 Å². The Labute approximate surface area is 151 Å². The van der Waals surface area contributed by atoms with Gasteiger partial charge < -0.3 is 13.6 Å². The first-order valence-corrected chi connectivity index (χ1v) is 8.45. The van der Waals surface area contributed by atoms with E-state index in [4.69, 9.17) is 8.83 Å². The van der Waals surface area contributed by atoms with E-state index in [-0.39, 0.29) is 16.8 Å². The summed E-state index contributed by atoms with van der Waals surface area (Å²) in [6.45, 7) is 0.570. The second-order valence-corrected chi connectivity index (χ2v) is 6.58. The van der Waals surface area contributed by atoms with Crippen molar-refractivity contribution in [2.24, 2.45) is 0 Å². The molecule has 0 radical (unpaired) electrons. The topological polar surface area (TPSA) is 78.4 Å². The number of rotatable bonds is 7. The Bertz CT molecular complexity index is 892. The number of hydrogen-bond acceptors (Lipinski definition) is 7. The van der Waals surface area contributed by atoms with Crippen LogP contribution < -0.4 is 4.74 Å². The van der Waals surface area contributed by atoms with Crippen LogP contribution in [-0.2, 0) is 0 Å². The van der Waals surface area contributed by atoms with E-state index in [9.17, 15) is 13.6 Å². The van der Waals surface area contributed by atoms with Crippen LogP contribution in [0.5, 0.6) is 5.75 Å². The molecule has 0 aliphatic carbocycles. The molecule has 0 N–H and O–H groups in total. The van der Waals surface area contributed by atoms with Crippen molar-refractivity contribution in [3.8, 4) is 17.2 Å². The van der Waals surface area contributed by atoms with Gasteiger partial charge in [0.1, 0.15) is 11.5 Å². The van der Waals surface area contributed by atoms with Gasteiger partial charge in [0.2, 0.25) is 0 Å². The van der Waals surface area contributed by atoms with E-state index in [2.05, 4.69) is 14.9 Å². The summed E-state index contributed by atoms with van der Waals surface area (Å²) >= 11 is 1.11. The van der Waals surface area contributed by atoms with Crippen LogP contribution in [0.1, 0.15) is 23.0 Å². The zero-order chi connectivity index (χ0) is 18.7. The standard InChI is InChI=1S/C17H14F2N2O4S/c1-9-13(7-8-23-9)15-20-21-17(25-15)26-10(2)14(22)11-3-5-12(6-4-11)24-16(18)19/h3-8,10,16H,1-2H3/t10-/m0/s1. The summed E-state index contributed by atoms with van der Waals surface area (Å²) in [5.41, 5.74) is 1.06. The maximum atomic E-state index is 12.5. The first-order valence-electron chi connectivity index (χ1n) is 7.57. The highest BCUT2D eigenvalue weighted by Gasteiger charge is 2.21. The minimum atomic E-state index is -2.91.